The molecule has 1 aliphatic heterocycles. The lowest BCUT2D eigenvalue weighted by molar-refractivity contribution is -0.122. The lowest BCUT2D eigenvalue weighted by Crippen LogP contribution is -2.42. The number of amides is 2. The number of hydrogen-bond donors (Lipinski definition) is 2. The maximum absolute atomic E-state index is 12.1. The molecule has 1 saturated heterocycles. The summed E-state index contributed by atoms with van der Waals surface area (Å²) >= 11 is 0. The van der Waals surface area contributed by atoms with Gasteiger partial charge in [0.1, 0.15) is 5.82 Å². The molecule has 2 amide bonds. The van der Waals surface area contributed by atoms with Crippen LogP contribution in [0.15, 0.2) is 12.4 Å². The fraction of sp³-hybridized carbons (Fsp3) is 0.706. The van der Waals surface area contributed by atoms with Crippen LogP contribution in [0.3, 0.4) is 0 Å². The summed E-state index contributed by atoms with van der Waals surface area (Å²) in [5.74, 6) is 1.15. The average Bonchev–Trinajstić information content (AvgIpc) is 3.18. The van der Waals surface area contributed by atoms with Gasteiger partial charge in [-0.1, -0.05) is 6.92 Å². The van der Waals surface area contributed by atoms with E-state index in [9.17, 15) is 9.59 Å². The number of carbonyl (C=O) groups excluding carboxylic acids is 2. The van der Waals surface area contributed by atoms with Crippen LogP contribution < -0.4 is 10.6 Å². The van der Waals surface area contributed by atoms with Gasteiger partial charge in [0, 0.05) is 63.9 Å². The molecule has 0 bridgehead atoms. The molecule has 1 aromatic rings. The Balaban J connectivity index is 1.71. The van der Waals surface area contributed by atoms with Gasteiger partial charge >= 0.3 is 0 Å². The zero-order valence-corrected chi connectivity index (χ0v) is 14.9. The molecule has 0 radical (unpaired) electrons. The Hall–Kier alpha value is -1.89. The van der Waals surface area contributed by atoms with Crippen LogP contribution >= 0.6 is 0 Å². The van der Waals surface area contributed by atoms with Gasteiger partial charge in [-0.2, -0.15) is 0 Å². The monoisotopic (exact) mass is 335 g/mol. The van der Waals surface area contributed by atoms with Crippen LogP contribution in [0.4, 0.5) is 0 Å². The minimum absolute atomic E-state index is 0.0638. The fourth-order valence-corrected chi connectivity index (χ4v) is 3.30. The first-order valence-corrected chi connectivity index (χ1v) is 8.74. The maximum atomic E-state index is 12.1. The van der Waals surface area contributed by atoms with E-state index in [2.05, 4.69) is 27.4 Å². The van der Waals surface area contributed by atoms with Crippen molar-refractivity contribution in [3.63, 3.8) is 0 Å². The number of carbonyl (C=O) groups is 2. The molecule has 0 spiro atoms. The van der Waals surface area contributed by atoms with Crippen molar-refractivity contribution >= 4 is 11.8 Å². The van der Waals surface area contributed by atoms with Crippen molar-refractivity contribution in [3.05, 3.63) is 18.2 Å². The molecule has 2 rings (SSSR count). The van der Waals surface area contributed by atoms with Crippen molar-refractivity contribution in [2.45, 2.75) is 57.7 Å². The highest BCUT2D eigenvalue weighted by Crippen LogP contribution is 2.24. The molecule has 0 aromatic carbocycles. The summed E-state index contributed by atoms with van der Waals surface area (Å²) in [6.45, 7) is 3.36. The zero-order valence-electron chi connectivity index (χ0n) is 14.9. The third-order valence-electron chi connectivity index (χ3n) is 4.92. The Morgan fingerprint density at radius 1 is 1.29 bits per heavy atom. The quantitative estimate of drug-likeness (QED) is 0.727. The Kier molecular flexibility index (Phi) is 6.78. The van der Waals surface area contributed by atoms with Crippen LogP contribution in [0.25, 0.3) is 0 Å². The van der Waals surface area contributed by atoms with Crippen molar-refractivity contribution in [2.75, 3.05) is 20.6 Å². The molecule has 2 N–H and O–H groups in total. The van der Waals surface area contributed by atoms with Gasteiger partial charge in [0.25, 0.3) is 0 Å². The molecule has 0 aliphatic carbocycles. The summed E-state index contributed by atoms with van der Waals surface area (Å²) in [5.41, 5.74) is 0. The Bertz CT molecular complexity index is 557. The minimum atomic E-state index is 0.0638. The fourth-order valence-electron chi connectivity index (χ4n) is 3.30. The van der Waals surface area contributed by atoms with Crippen LogP contribution in [-0.2, 0) is 22.6 Å². The molecule has 2 heterocycles. The van der Waals surface area contributed by atoms with Crippen molar-refractivity contribution in [1.29, 1.82) is 0 Å². The molecule has 7 heteroatoms. The number of nitrogens with zero attached hydrogens (tertiary/aromatic N) is 3. The highest BCUT2D eigenvalue weighted by atomic mass is 16.2. The van der Waals surface area contributed by atoms with E-state index in [0.29, 0.717) is 32.0 Å². The smallest absolute Gasteiger partial charge is 0.221 e. The minimum Gasteiger partial charge on any atom is -0.359 e. The first-order chi connectivity index (χ1) is 11.5. The molecule has 1 aliphatic rings. The molecule has 0 unspecified atom stereocenters. The summed E-state index contributed by atoms with van der Waals surface area (Å²) in [7, 11) is 3.70. The molecule has 1 fully saturated rings. The third-order valence-corrected chi connectivity index (χ3v) is 4.92. The third kappa shape index (κ3) is 4.80. The standard InChI is InChI=1S/C17H29N5O2/c1-4-15-19-8-10-22(15)9-7-16(23)20-12-14-6-5-13(21(14)3)11-17(24)18-2/h8,10,13-14H,4-7,9,11-12H2,1-3H3,(H,18,24)(H,20,23)/t13-,14+/m1/s1. The van der Waals surface area contributed by atoms with Gasteiger partial charge in [0.2, 0.25) is 11.8 Å². The Morgan fingerprint density at radius 3 is 2.75 bits per heavy atom. The number of imidazole rings is 1. The van der Waals surface area contributed by atoms with E-state index in [1.54, 1.807) is 13.2 Å². The van der Waals surface area contributed by atoms with Gasteiger partial charge < -0.3 is 15.2 Å². The lowest BCUT2D eigenvalue weighted by atomic mass is 10.1. The number of aromatic nitrogens is 2. The number of likely N-dealkylation sites (N-methyl/N-ethyl adjacent to an activating group) is 1. The first kappa shape index (κ1) is 18.4. The molecule has 1 aromatic heterocycles. The van der Waals surface area contributed by atoms with E-state index in [-0.39, 0.29) is 17.9 Å². The summed E-state index contributed by atoms with van der Waals surface area (Å²) in [6, 6.07) is 0.577. The van der Waals surface area contributed by atoms with E-state index >= 15 is 0 Å². The number of rotatable bonds is 8. The lowest BCUT2D eigenvalue weighted by Gasteiger charge is -2.25. The molecule has 24 heavy (non-hydrogen) atoms. The SMILES string of the molecule is CCc1nccn1CCC(=O)NC[C@@H]1CC[C@H](CC(=O)NC)N1C. The van der Waals surface area contributed by atoms with Gasteiger partial charge in [-0.15, -0.1) is 0 Å². The normalized spacial score (nSPS) is 21.0. The zero-order chi connectivity index (χ0) is 17.5. The highest BCUT2D eigenvalue weighted by molar-refractivity contribution is 5.76. The summed E-state index contributed by atoms with van der Waals surface area (Å²) in [5, 5.41) is 5.70. The molecular weight excluding hydrogens is 306 g/mol. The first-order valence-electron chi connectivity index (χ1n) is 8.74. The van der Waals surface area contributed by atoms with Crippen LogP contribution in [0.5, 0.6) is 0 Å². The van der Waals surface area contributed by atoms with Crippen LogP contribution in [-0.4, -0.2) is 59.0 Å². The second-order valence-corrected chi connectivity index (χ2v) is 6.37. The Morgan fingerprint density at radius 2 is 2.04 bits per heavy atom. The van der Waals surface area contributed by atoms with Crippen molar-refractivity contribution < 1.29 is 9.59 Å². The predicted octanol–water partition coefficient (Wildman–Crippen LogP) is 0.551. The number of nitrogens with one attached hydrogen (secondary N) is 2. The summed E-state index contributed by atoms with van der Waals surface area (Å²) in [4.78, 5) is 30.1. The molecule has 134 valence electrons. The van der Waals surface area contributed by atoms with E-state index in [1.807, 2.05) is 17.8 Å². The van der Waals surface area contributed by atoms with Gasteiger partial charge in [0.05, 0.1) is 0 Å². The van der Waals surface area contributed by atoms with Crippen LogP contribution in [0, 0.1) is 0 Å². The Labute approximate surface area is 143 Å². The van der Waals surface area contributed by atoms with Gasteiger partial charge in [-0.05, 0) is 19.9 Å². The number of likely N-dealkylation sites (tertiary alicyclic amines) is 1. The predicted molar refractivity (Wildman–Crippen MR) is 92.5 cm³/mol. The maximum Gasteiger partial charge on any atom is 0.221 e. The average molecular weight is 335 g/mol. The van der Waals surface area contributed by atoms with Crippen LogP contribution in [0.1, 0.15) is 38.4 Å². The molecule has 0 saturated carbocycles. The van der Waals surface area contributed by atoms with Gasteiger partial charge in [-0.25, -0.2) is 4.98 Å². The number of aryl methyl sites for hydroxylation is 2. The highest BCUT2D eigenvalue weighted by Gasteiger charge is 2.31. The summed E-state index contributed by atoms with van der Waals surface area (Å²) < 4.78 is 2.03. The largest absolute Gasteiger partial charge is 0.359 e. The second-order valence-electron chi connectivity index (χ2n) is 6.37. The molecule has 2 atom stereocenters. The summed E-state index contributed by atoms with van der Waals surface area (Å²) in [6.07, 6.45) is 7.56. The van der Waals surface area contributed by atoms with E-state index in [0.717, 1.165) is 25.1 Å². The number of hydrogen-bond acceptors (Lipinski definition) is 4. The van der Waals surface area contributed by atoms with Gasteiger partial charge in [-0.3, -0.25) is 14.5 Å². The second kappa shape index (κ2) is 8.82. The van der Waals surface area contributed by atoms with Crippen LogP contribution in [0.2, 0.25) is 0 Å². The van der Waals surface area contributed by atoms with Crippen molar-refractivity contribution in [2.24, 2.45) is 0 Å². The molecular formula is C17H29N5O2. The topological polar surface area (TPSA) is 79.3 Å². The molecule has 7 nitrogen and oxygen atoms in total. The van der Waals surface area contributed by atoms with Crippen molar-refractivity contribution in [3.8, 4) is 0 Å². The van der Waals surface area contributed by atoms with Crippen molar-refractivity contribution in [1.82, 2.24) is 25.1 Å². The van der Waals surface area contributed by atoms with E-state index in [4.69, 9.17) is 0 Å². The van der Waals surface area contributed by atoms with E-state index in [1.165, 1.54) is 0 Å². The van der Waals surface area contributed by atoms with E-state index < -0.39 is 0 Å². The van der Waals surface area contributed by atoms with Gasteiger partial charge in [0.15, 0.2) is 0 Å².